The maximum atomic E-state index is 11.9. The summed E-state index contributed by atoms with van der Waals surface area (Å²) in [7, 11) is 0. The smallest absolute Gasteiger partial charge is 0.302 e. The molecule has 4 aliphatic rings. The monoisotopic (exact) mass is 456 g/mol. The van der Waals surface area contributed by atoms with Crippen LogP contribution < -0.4 is 0 Å². The van der Waals surface area contributed by atoms with E-state index in [1.807, 2.05) is 0 Å². The van der Waals surface area contributed by atoms with Crippen LogP contribution in [-0.2, 0) is 9.53 Å². The first-order valence-electron chi connectivity index (χ1n) is 13.8. The number of hydrogen-bond acceptors (Lipinski definition) is 3. The lowest BCUT2D eigenvalue weighted by Crippen LogP contribution is -2.53. The Balaban J connectivity index is 1.58. The van der Waals surface area contributed by atoms with Crippen molar-refractivity contribution in [2.24, 2.45) is 46.3 Å². The highest BCUT2D eigenvalue weighted by molar-refractivity contribution is 5.65. The molecular formula is C30H48O3. The van der Waals surface area contributed by atoms with Crippen LogP contribution in [-0.4, -0.2) is 23.8 Å². The van der Waals surface area contributed by atoms with E-state index in [9.17, 15) is 9.90 Å². The van der Waals surface area contributed by atoms with Gasteiger partial charge in [0.15, 0.2) is 0 Å². The van der Waals surface area contributed by atoms with E-state index in [-0.39, 0.29) is 22.9 Å². The Morgan fingerprint density at radius 2 is 1.94 bits per heavy atom. The molecule has 1 N–H and O–H groups in total. The minimum atomic E-state index is -0.148. The fourth-order valence-electron chi connectivity index (χ4n) is 8.77. The number of rotatable bonds is 7. The first-order valence-corrected chi connectivity index (χ1v) is 13.8. The summed E-state index contributed by atoms with van der Waals surface area (Å²) in [6, 6.07) is 0. The second-order valence-corrected chi connectivity index (χ2v) is 12.7. The molecular weight excluding hydrogens is 408 g/mol. The van der Waals surface area contributed by atoms with E-state index in [1.165, 1.54) is 43.3 Å². The highest BCUT2D eigenvalue weighted by atomic mass is 16.5. The van der Waals surface area contributed by atoms with Crippen molar-refractivity contribution in [3.63, 3.8) is 0 Å². The van der Waals surface area contributed by atoms with E-state index < -0.39 is 0 Å². The van der Waals surface area contributed by atoms with Crippen molar-refractivity contribution in [2.45, 2.75) is 105 Å². The van der Waals surface area contributed by atoms with Gasteiger partial charge in [-0.05, 0) is 105 Å². The molecule has 8 atom stereocenters. The second-order valence-electron chi connectivity index (χ2n) is 12.7. The summed E-state index contributed by atoms with van der Waals surface area (Å²) in [5.74, 6) is 3.75. The molecule has 3 fully saturated rings. The van der Waals surface area contributed by atoms with Crippen molar-refractivity contribution >= 4 is 5.97 Å². The first kappa shape index (κ1) is 25.0. The van der Waals surface area contributed by atoms with Crippen LogP contribution in [0.25, 0.3) is 0 Å². The Labute approximate surface area is 202 Å². The van der Waals surface area contributed by atoms with Crippen molar-refractivity contribution in [2.75, 3.05) is 6.61 Å². The predicted octanol–water partition coefficient (Wildman–Crippen LogP) is 7.10. The lowest BCUT2D eigenvalue weighted by atomic mass is 9.46. The van der Waals surface area contributed by atoms with Crippen molar-refractivity contribution in [1.29, 1.82) is 0 Å². The third kappa shape index (κ3) is 4.48. The zero-order chi connectivity index (χ0) is 24.0. The molecule has 0 aliphatic heterocycles. The Hall–Kier alpha value is -1.09. The zero-order valence-corrected chi connectivity index (χ0v) is 21.9. The predicted molar refractivity (Wildman–Crippen MR) is 135 cm³/mol. The van der Waals surface area contributed by atoms with E-state index >= 15 is 0 Å². The maximum Gasteiger partial charge on any atom is 0.302 e. The molecule has 0 amide bonds. The Morgan fingerprint density at radius 3 is 2.64 bits per heavy atom. The summed E-state index contributed by atoms with van der Waals surface area (Å²) in [6.45, 7) is 15.9. The number of aliphatic hydroxyl groups is 1. The molecule has 0 radical (unpaired) electrons. The summed E-state index contributed by atoms with van der Waals surface area (Å²) in [4.78, 5) is 11.9. The molecule has 0 unspecified atom stereocenters. The van der Waals surface area contributed by atoms with Crippen LogP contribution in [0.5, 0.6) is 0 Å². The molecule has 186 valence electrons. The van der Waals surface area contributed by atoms with Crippen LogP contribution in [0.1, 0.15) is 98.8 Å². The third-order valence-electron chi connectivity index (χ3n) is 10.8. The zero-order valence-electron chi connectivity index (χ0n) is 21.9. The van der Waals surface area contributed by atoms with Crippen LogP contribution in [0.4, 0.5) is 0 Å². The molecule has 0 aromatic carbocycles. The first-order chi connectivity index (χ1) is 15.6. The van der Waals surface area contributed by atoms with Gasteiger partial charge in [0, 0.05) is 12.3 Å². The van der Waals surface area contributed by atoms with Crippen molar-refractivity contribution in [1.82, 2.24) is 0 Å². The largest absolute Gasteiger partial charge is 0.465 e. The van der Waals surface area contributed by atoms with E-state index in [0.29, 0.717) is 36.2 Å². The van der Waals surface area contributed by atoms with Gasteiger partial charge in [-0.15, -0.1) is 0 Å². The number of allylic oxidation sites excluding steroid dienone is 2. The fraction of sp³-hybridized carbons (Fsp3) is 0.833. The number of carbonyl (C=O) groups is 1. The highest BCUT2D eigenvalue weighted by Crippen LogP contribution is 2.67. The van der Waals surface area contributed by atoms with Crippen molar-refractivity contribution in [3.8, 4) is 0 Å². The number of hydrogen-bond donors (Lipinski definition) is 1. The van der Waals surface area contributed by atoms with Crippen molar-refractivity contribution in [3.05, 3.63) is 23.8 Å². The summed E-state index contributed by atoms with van der Waals surface area (Å²) in [5, 5.41) is 10.3. The van der Waals surface area contributed by atoms with Gasteiger partial charge in [0.2, 0.25) is 0 Å². The molecule has 4 rings (SSSR count). The number of carbonyl (C=O) groups excluding carboxylic acids is 1. The van der Waals surface area contributed by atoms with Crippen LogP contribution >= 0.6 is 0 Å². The van der Waals surface area contributed by atoms with E-state index in [0.717, 1.165) is 38.0 Å². The average molecular weight is 457 g/mol. The van der Waals surface area contributed by atoms with Gasteiger partial charge in [0.05, 0.1) is 12.7 Å². The van der Waals surface area contributed by atoms with Gasteiger partial charge in [-0.25, -0.2) is 0 Å². The summed E-state index contributed by atoms with van der Waals surface area (Å²) < 4.78 is 5.85. The molecule has 3 nitrogen and oxygen atoms in total. The normalized spacial score (nSPS) is 40.9. The Morgan fingerprint density at radius 1 is 1.18 bits per heavy atom. The molecule has 0 saturated heterocycles. The SMILES string of the molecule is C=C(CC[C@@H](C)[C@H]1CC[C@H]2[C@@H]3CC=C4C[C@@H](O)CC[C@]4(C)[C@H]3CC[C@]12COC(C)=O)C(C)C. The Kier molecular flexibility index (Phi) is 7.21. The summed E-state index contributed by atoms with van der Waals surface area (Å²) >= 11 is 0. The third-order valence-corrected chi connectivity index (χ3v) is 10.8. The fourth-order valence-corrected chi connectivity index (χ4v) is 8.77. The topological polar surface area (TPSA) is 46.5 Å². The van der Waals surface area contributed by atoms with Gasteiger partial charge in [0.1, 0.15) is 0 Å². The number of esters is 1. The van der Waals surface area contributed by atoms with Crippen LogP contribution in [0, 0.1) is 46.3 Å². The van der Waals surface area contributed by atoms with Crippen LogP contribution in [0.2, 0.25) is 0 Å². The standard InChI is InChI=1S/C30H48O3/c1-19(2)20(3)7-8-21(4)26-11-12-28-25-10-9-23-17-24(32)13-15-29(23,6)27(25)14-16-30(26,28)18-33-22(5)31/h9,19,21,24-28,32H,3,7-8,10-18H2,1-2,4-6H3/t21-,24+,25-,26-,27+,28+,29+,30+/m1/s1. The minimum absolute atomic E-state index is 0.129. The number of fused-ring (bicyclic) bond motifs is 5. The summed E-state index contributed by atoms with van der Waals surface area (Å²) in [5.41, 5.74) is 3.30. The van der Waals surface area contributed by atoms with E-state index in [4.69, 9.17) is 4.74 Å². The van der Waals surface area contributed by atoms with E-state index in [1.54, 1.807) is 6.92 Å². The number of ether oxygens (including phenoxy) is 1. The molecule has 0 bridgehead atoms. The molecule has 3 heteroatoms. The molecule has 0 aromatic heterocycles. The second kappa shape index (κ2) is 9.51. The highest BCUT2D eigenvalue weighted by Gasteiger charge is 2.61. The Bertz CT molecular complexity index is 781. The molecule has 3 saturated carbocycles. The molecule has 33 heavy (non-hydrogen) atoms. The van der Waals surface area contributed by atoms with Gasteiger partial charge in [-0.1, -0.05) is 51.5 Å². The van der Waals surface area contributed by atoms with Crippen LogP contribution in [0.3, 0.4) is 0 Å². The van der Waals surface area contributed by atoms with Gasteiger partial charge in [-0.3, -0.25) is 4.79 Å². The molecule has 0 heterocycles. The van der Waals surface area contributed by atoms with Crippen LogP contribution in [0.15, 0.2) is 23.8 Å². The lowest BCUT2D eigenvalue weighted by molar-refractivity contribution is -0.154. The summed E-state index contributed by atoms with van der Waals surface area (Å²) in [6.07, 6.45) is 13.8. The van der Waals surface area contributed by atoms with Gasteiger partial charge in [-0.2, -0.15) is 0 Å². The van der Waals surface area contributed by atoms with Gasteiger partial charge >= 0.3 is 5.97 Å². The van der Waals surface area contributed by atoms with Gasteiger partial charge in [0.25, 0.3) is 0 Å². The number of aliphatic hydroxyl groups excluding tert-OH is 1. The molecule has 0 aromatic rings. The van der Waals surface area contributed by atoms with Gasteiger partial charge < -0.3 is 9.84 Å². The maximum absolute atomic E-state index is 11.9. The quantitative estimate of drug-likeness (QED) is 0.328. The molecule has 0 spiro atoms. The molecule has 4 aliphatic carbocycles. The van der Waals surface area contributed by atoms with Crippen molar-refractivity contribution < 1.29 is 14.6 Å². The lowest BCUT2D eigenvalue weighted by Gasteiger charge is -2.59. The van der Waals surface area contributed by atoms with E-state index in [2.05, 4.69) is 40.3 Å². The average Bonchev–Trinajstić information content (AvgIpc) is 3.16. The minimum Gasteiger partial charge on any atom is -0.465 e.